The number of nitriles is 1. The van der Waals surface area contributed by atoms with Gasteiger partial charge >= 0.3 is 0 Å². The lowest BCUT2D eigenvalue weighted by Gasteiger charge is -2.07. The smallest absolute Gasteiger partial charge is 0.0991 e. The van der Waals surface area contributed by atoms with Gasteiger partial charge in [-0.1, -0.05) is 12.1 Å². The second kappa shape index (κ2) is 3.59. The molecule has 1 aliphatic heterocycles. The summed E-state index contributed by atoms with van der Waals surface area (Å²) in [5.41, 5.74) is 2.10. The Bertz CT molecular complexity index is 315. The third-order valence-electron chi connectivity index (χ3n) is 2.57. The van der Waals surface area contributed by atoms with Crippen LogP contribution in [0.1, 0.15) is 23.5 Å². The molecule has 1 aliphatic rings. The molecule has 1 aromatic rings. The predicted octanol–water partition coefficient (Wildman–Crippen LogP) is 1.64. The molecule has 0 saturated carbocycles. The van der Waals surface area contributed by atoms with Crippen LogP contribution >= 0.6 is 0 Å². The zero-order valence-electron chi connectivity index (χ0n) is 7.46. The molecule has 66 valence electrons. The summed E-state index contributed by atoms with van der Waals surface area (Å²) in [5.74, 6) is 0.646. The minimum Gasteiger partial charge on any atom is -0.316 e. The van der Waals surface area contributed by atoms with Crippen LogP contribution in [0.3, 0.4) is 0 Å². The van der Waals surface area contributed by atoms with Crippen LogP contribution < -0.4 is 5.32 Å². The van der Waals surface area contributed by atoms with Gasteiger partial charge in [-0.15, -0.1) is 0 Å². The number of nitrogens with one attached hydrogen (secondary N) is 1. The molecule has 2 heteroatoms. The van der Waals surface area contributed by atoms with Gasteiger partial charge in [0.25, 0.3) is 0 Å². The van der Waals surface area contributed by atoms with Crippen molar-refractivity contribution in [1.82, 2.24) is 5.32 Å². The van der Waals surface area contributed by atoms with Crippen molar-refractivity contribution in [1.29, 1.82) is 5.26 Å². The van der Waals surface area contributed by atoms with E-state index in [1.165, 1.54) is 12.0 Å². The van der Waals surface area contributed by atoms with Crippen LogP contribution in [0.15, 0.2) is 24.3 Å². The van der Waals surface area contributed by atoms with Gasteiger partial charge in [0, 0.05) is 6.54 Å². The van der Waals surface area contributed by atoms with Crippen LogP contribution in [0.25, 0.3) is 0 Å². The van der Waals surface area contributed by atoms with Gasteiger partial charge in [0.2, 0.25) is 0 Å². The highest BCUT2D eigenvalue weighted by molar-refractivity contribution is 5.33. The molecule has 1 aromatic carbocycles. The van der Waals surface area contributed by atoms with E-state index in [4.69, 9.17) is 5.26 Å². The average molecular weight is 172 g/mol. The monoisotopic (exact) mass is 172 g/mol. The molecular weight excluding hydrogens is 160 g/mol. The van der Waals surface area contributed by atoms with Gasteiger partial charge in [0.05, 0.1) is 11.6 Å². The minimum absolute atomic E-state index is 0.646. The first-order valence-electron chi connectivity index (χ1n) is 4.61. The molecule has 0 spiro atoms. The lowest BCUT2D eigenvalue weighted by Crippen LogP contribution is -2.07. The summed E-state index contributed by atoms with van der Waals surface area (Å²) in [4.78, 5) is 0. The fraction of sp³-hybridized carbons (Fsp3) is 0.364. The highest BCUT2D eigenvalue weighted by Crippen LogP contribution is 2.22. The Morgan fingerprint density at radius 2 is 2.08 bits per heavy atom. The maximum absolute atomic E-state index is 8.63. The molecule has 1 saturated heterocycles. The van der Waals surface area contributed by atoms with Crippen molar-refractivity contribution >= 4 is 0 Å². The van der Waals surface area contributed by atoms with Crippen LogP contribution in [-0.4, -0.2) is 13.1 Å². The molecule has 2 nitrogen and oxygen atoms in total. The molecule has 1 atom stereocenters. The van der Waals surface area contributed by atoms with Crippen LogP contribution in [-0.2, 0) is 0 Å². The number of hydrogen-bond donors (Lipinski definition) is 1. The molecular formula is C11H12N2. The normalized spacial score (nSPS) is 21.3. The second-order valence-electron chi connectivity index (χ2n) is 3.42. The third-order valence-corrected chi connectivity index (χ3v) is 2.57. The van der Waals surface area contributed by atoms with E-state index >= 15 is 0 Å². The van der Waals surface area contributed by atoms with E-state index in [0.717, 1.165) is 18.7 Å². The molecule has 0 bridgehead atoms. The molecule has 2 rings (SSSR count). The zero-order chi connectivity index (χ0) is 9.10. The van der Waals surface area contributed by atoms with Gasteiger partial charge in [-0.05, 0) is 36.6 Å². The Balaban J connectivity index is 2.18. The standard InChI is InChI=1S/C11H12N2/c12-7-9-1-3-10(4-2-9)11-5-6-13-8-11/h1-4,11,13H,5-6,8H2/t11-/m1/s1. The SMILES string of the molecule is N#Cc1ccc([C@@H]2CCNC2)cc1. The average Bonchev–Trinajstić information content (AvgIpc) is 2.71. The number of hydrogen-bond acceptors (Lipinski definition) is 2. The highest BCUT2D eigenvalue weighted by atomic mass is 14.9. The van der Waals surface area contributed by atoms with Crippen molar-refractivity contribution in [2.75, 3.05) is 13.1 Å². The molecule has 0 amide bonds. The lowest BCUT2D eigenvalue weighted by molar-refractivity contribution is 0.763. The number of nitrogens with zero attached hydrogens (tertiary/aromatic N) is 1. The van der Waals surface area contributed by atoms with E-state index in [2.05, 4.69) is 23.5 Å². The van der Waals surface area contributed by atoms with E-state index in [1.54, 1.807) is 0 Å². The molecule has 0 aromatic heterocycles. The summed E-state index contributed by atoms with van der Waals surface area (Å²) in [5, 5.41) is 12.0. The van der Waals surface area contributed by atoms with Crippen molar-refractivity contribution in [2.45, 2.75) is 12.3 Å². The summed E-state index contributed by atoms with van der Waals surface area (Å²) in [6.45, 7) is 2.19. The van der Waals surface area contributed by atoms with Crippen molar-refractivity contribution in [2.24, 2.45) is 0 Å². The Hall–Kier alpha value is -1.33. The maximum Gasteiger partial charge on any atom is 0.0991 e. The summed E-state index contributed by atoms with van der Waals surface area (Å²) in [6.07, 6.45) is 1.21. The predicted molar refractivity (Wildman–Crippen MR) is 51.4 cm³/mol. The van der Waals surface area contributed by atoms with Crippen LogP contribution in [0.2, 0.25) is 0 Å². The summed E-state index contributed by atoms with van der Waals surface area (Å²) >= 11 is 0. The maximum atomic E-state index is 8.63. The second-order valence-corrected chi connectivity index (χ2v) is 3.42. The van der Waals surface area contributed by atoms with Gasteiger partial charge < -0.3 is 5.32 Å². The highest BCUT2D eigenvalue weighted by Gasteiger charge is 2.15. The first-order chi connectivity index (χ1) is 6.40. The molecule has 0 radical (unpaired) electrons. The molecule has 1 fully saturated rings. The Morgan fingerprint density at radius 3 is 2.62 bits per heavy atom. The van der Waals surface area contributed by atoms with E-state index in [1.807, 2.05) is 12.1 Å². The fourth-order valence-electron chi connectivity index (χ4n) is 1.77. The quantitative estimate of drug-likeness (QED) is 0.699. The van der Waals surface area contributed by atoms with Gasteiger partial charge in [0.1, 0.15) is 0 Å². The van der Waals surface area contributed by atoms with E-state index in [0.29, 0.717) is 5.92 Å². The van der Waals surface area contributed by atoms with Crippen molar-refractivity contribution in [3.63, 3.8) is 0 Å². The molecule has 0 unspecified atom stereocenters. The van der Waals surface area contributed by atoms with Crippen molar-refractivity contribution in [3.05, 3.63) is 35.4 Å². The van der Waals surface area contributed by atoms with Crippen LogP contribution in [0.5, 0.6) is 0 Å². The Kier molecular flexibility index (Phi) is 2.29. The van der Waals surface area contributed by atoms with E-state index in [-0.39, 0.29) is 0 Å². The zero-order valence-corrected chi connectivity index (χ0v) is 7.46. The number of benzene rings is 1. The van der Waals surface area contributed by atoms with Crippen molar-refractivity contribution < 1.29 is 0 Å². The van der Waals surface area contributed by atoms with Crippen LogP contribution in [0, 0.1) is 11.3 Å². The summed E-state index contributed by atoms with van der Waals surface area (Å²) < 4.78 is 0. The molecule has 13 heavy (non-hydrogen) atoms. The summed E-state index contributed by atoms with van der Waals surface area (Å²) in [6, 6.07) is 10.1. The van der Waals surface area contributed by atoms with Crippen molar-refractivity contribution in [3.8, 4) is 6.07 Å². The van der Waals surface area contributed by atoms with E-state index in [9.17, 15) is 0 Å². The summed E-state index contributed by atoms with van der Waals surface area (Å²) in [7, 11) is 0. The first-order valence-corrected chi connectivity index (χ1v) is 4.61. The molecule has 1 N–H and O–H groups in total. The topological polar surface area (TPSA) is 35.8 Å². The lowest BCUT2D eigenvalue weighted by atomic mass is 9.98. The Morgan fingerprint density at radius 1 is 1.31 bits per heavy atom. The van der Waals surface area contributed by atoms with Gasteiger partial charge in [-0.25, -0.2) is 0 Å². The molecule has 0 aliphatic carbocycles. The Labute approximate surface area is 78.2 Å². The molecule has 1 heterocycles. The fourth-order valence-corrected chi connectivity index (χ4v) is 1.77. The largest absolute Gasteiger partial charge is 0.316 e. The van der Waals surface area contributed by atoms with Gasteiger partial charge in [-0.2, -0.15) is 5.26 Å². The third kappa shape index (κ3) is 1.71. The van der Waals surface area contributed by atoms with Gasteiger partial charge in [-0.3, -0.25) is 0 Å². The van der Waals surface area contributed by atoms with Crippen LogP contribution in [0.4, 0.5) is 0 Å². The van der Waals surface area contributed by atoms with E-state index < -0.39 is 0 Å². The van der Waals surface area contributed by atoms with Gasteiger partial charge in [0.15, 0.2) is 0 Å². The number of rotatable bonds is 1. The first kappa shape index (κ1) is 8.28. The minimum atomic E-state index is 0.646.